The first-order valence-electron chi connectivity index (χ1n) is 16.5. The van der Waals surface area contributed by atoms with E-state index in [-0.39, 0.29) is 30.1 Å². The average molecular weight is 680 g/mol. The van der Waals surface area contributed by atoms with E-state index < -0.39 is 29.8 Å². The molecule has 0 spiro atoms. The van der Waals surface area contributed by atoms with E-state index in [1.54, 1.807) is 72.8 Å². The number of carbonyl (C=O) groups is 5. The molecule has 0 aliphatic rings. The van der Waals surface area contributed by atoms with Crippen LogP contribution in [0.2, 0.25) is 0 Å². The fourth-order valence-electron chi connectivity index (χ4n) is 5.00. The molecule has 0 unspecified atom stereocenters. The van der Waals surface area contributed by atoms with Crippen molar-refractivity contribution in [3.05, 3.63) is 125 Å². The molecular formula is C39H41N3O8. The first-order chi connectivity index (χ1) is 24.1. The van der Waals surface area contributed by atoms with Crippen LogP contribution >= 0.6 is 0 Å². The van der Waals surface area contributed by atoms with E-state index in [2.05, 4.69) is 17.6 Å². The van der Waals surface area contributed by atoms with Gasteiger partial charge in [-0.05, 0) is 90.3 Å². The molecule has 0 fully saturated rings. The van der Waals surface area contributed by atoms with Crippen LogP contribution in [0.5, 0.6) is 11.5 Å². The summed E-state index contributed by atoms with van der Waals surface area (Å²) in [4.78, 5) is 61.2. The van der Waals surface area contributed by atoms with Crippen molar-refractivity contribution in [2.24, 2.45) is 5.73 Å². The van der Waals surface area contributed by atoms with E-state index in [0.29, 0.717) is 40.3 Å². The molecule has 0 aliphatic carbocycles. The molecular weight excluding hydrogens is 638 g/mol. The number of unbranched alkanes of at least 4 members (excludes halogenated alkanes) is 4. The number of anilines is 1. The number of carboxylic acids is 1. The number of carboxylic acid groups (broad SMARTS) is 1. The number of carbonyl (C=O) groups excluding carboxylic acids is 4. The minimum absolute atomic E-state index is 0.00999. The number of hydrogen-bond donors (Lipinski definition) is 4. The van der Waals surface area contributed by atoms with Crippen LogP contribution in [0.25, 0.3) is 0 Å². The van der Waals surface area contributed by atoms with Gasteiger partial charge in [-0.3, -0.25) is 14.4 Å². The number of nitrogens with two attached hydrogens (primary N) is 1. The van der Waals surface area contributed by atoms with E-state index in [1.165, 1.54) is 43.5 Å². The molecule has 0 aliphatic heterocycles. The molecule has 0 saturated heterocycles. The molecule has 3 amide bonds. The van der Waals surface area contributed by atoms with E-state index in [4.69, 9.17) is 15.2 Å². The predicted molar refractivity (Wildman–Crippen MR) is 188 cm³/mol. The van der Waals surface area contributed by atoms with Gasteiger partial charge in [-0.1, -0.05) is 56.9 Å². The second kappa shape index (κ2) is 18.5. The quantitative estimate of drug-likeness (QED) is 0.0566. The molecule has 4 aromatic rings. The second-order valence-corrected chi connectivity index (χ2v) is 11.8. The summed E-state index contributed by atoms with van der Waals surface area (Å²) in [6.45, 7) is 2.80. The van der Waals surface area contributed by atoms with Gasteiger partial charge in [0.1, 0.15) is 17.5 Å². The fraction of sp³-hybridized carbons (Fsp3) is 0.256. The Morgan fingerprint density at radius 2 is 1.28 bits per heavy atom. The number of benzene rings is 4. The van der Waals surface area contributed by atoms with Crippen molar-refractivity contribution in [2.45, 2.75) is 57.9 Å². The van der Waals surface area contributed by atoms with Gasteiger partial charge in [0, 0.05) is 23.2 Å². The first-order valence-corrected chi connectivity index (χ1v) is 16.5. The van der Waals surface area contributed by atoms with Crippen LogP contribution in [0.15, 0.2) is 97.1 Å². The Labute approximate surface area is 290 Å². The largest absolute Gasteiger partial charge is 0.494 e. The predicted octanol–water partition coefficient (Wildman–Crippen LogP) is 5.96. The standard InChI is InChI=1S/C39H41N3O8/c1-2-3-4-5-6-23-49-32-21-15-30(16-22-32)39(48)50-33-19-9-26(10-20-33)24-34(38(46)47)42-37(45)29-13-17-31(18-14-29)41-35(43)25-27-7-11-28(12-8-27)36(40)44/h7-22,34H,2-6,23-25H2,1H3,(H2,40,44)(H,41,43)(H,42,45)(H,46,47)/t34-/m0/s1. The van der Waals surface area contributed by atoms with Crippen LogP contribution in [0, 0.1) is 0 Å². The molecule has 0 bridgehead atoms. The fourth-order valence-corrected chi connectivity index (χ4v) is 5.00. The number of nitrogens with one attached hydrogen (secondary N) is 2. The summed E-state index contributed by atoms with van der Waals surface area (Å²) in [6.07, 6.45) is 5.78. The lowest BCUT2D eigenvalue weighted by atomic mass is 10.0. The summed E-state index contributed by atoms with van der Waals surface area (Å²) in [5.74, 6) is -2.24. The van der Waals surface area contributed by atoms with E-state index >= 15 is 0 Å². The minimum atomic E-state index is -1.23. The van der Waals surface area contributed by atoms with Gasteiger partial charge in [-0.2, -0.15) is 0 Å². The van der Waals surface area contributed by atoms with Gasteiger partial charge in [-0.15, -0.1) is 0 Å². The Morgan fingerprint density at radius 3 is 1.90 bits per heavy atom. The zero-order chi connectivity index (χ0) is 35.9. The zero-order valence-corrected chi connectivity index (χ0v) is 27.9. The molecule has 0 saturated carbocycles. The van der Waals surface area contributed by atoms with Gasteiger partial charge in [0.15, 0.2) is 0 Å². The summed E-state index contributed by atoms with van der Waals surface area (Å²) in [5, 5.41) is 15.0. The maximum Gasteiger partial charge on any atom is 0.343 e. The van der Waals surface area contributed by atoms with Crippen LogP contribution in [0.4, 0.5) is 5.69 Å². The Morgan fingerprint density at radius 1 is 0.700 bits per heavy atom. The van der Waals surface area contributed by atoms with E-state index in [9.17, 15) is 29.1 Å². The third-order valence-corrected chi connectivity index (χ3v) is 7.82. The Bertz CT molecular complexity index is 1750. The van der Waals surface area contributed by atoms with E-state index in [1.807, 2.05) is 0 Å². The van der Waals surface area contributed by atoms with Gasteiger partial charge in [0.05, 0.1) is 18.6 Å². The highest BCUT2D eigenvalue weighted by molar-refractivity contribution is 5.98. The Kier molecular flexibility index (Phi) is 13.7. The molecule has 1 atom stereocenters. The van der Waals surface area contributed by atoms with Gasteiger partial charge in [0.25, 0.3) is 5.91 Å². The number of esters is 1. The smallest absolute Gasteiger partial charge is 0.343 e. The Hall–Kier alpha value is -5.97. The lowest BCUT2D eigenvalue weighted by molar-refractivity contribution is -0.139. The molecule has 4 rings (SSSR count). The van der Waals surface area contributed by atoms with Gasteiger partial charge < -0.3 is 30.9 Å². The monoisotopic (exact) mass is 679 g/mol. The zero-order valence-electron chi connectivity index (χ0n) is 27.9. The molecule has 260 valence electrons. The van der Waals surface area contributed by atoms with Crippen LogP contribution in [0.1, 0.15) is 81.2 Å². The Balaban J connectivity index is 1.24. The van der Waals surface area contributed by atoms with Crippen molar-refractivity contribution in [3.8, 4) is 11.5 Å². The summed E-state index contributed by atoms with van der Waals surface area (Å²) < 4.78 is 11.2. The molecule has 0 radical (unpaired) electrons. The lowest BCUT2D eigenvalue weighted by Gasteiger charge is -2.15. The van der Waals surface area contributed by atoms with Gasteiger partial charge in [-0.25, -0.2) is 9.59 Å². The summed E-state index contributed by atoms with van der Waals surface area (Å²) in [7, 11) is 0. The van der Waals surface area contributed by atoms with Gasteiger partial charge in [0.2, 0.25) is 11.8 Å². The number of hydrogen-bond acceptors (Lipinski definition) is 7. The topological polar surface area (TPSA) is 174 Å². The van der Waals surface area contributed by atoms with Crippen molar-refractivity contribution in [1.82, 2.24) is 5.32 Å². The maximum absolute atomic E-state index is 12.9. The normalized spacial score (nSPS) is 11.2. The van der Waals surface area contributed by atoms with E-state index in [0.717, 1.165) is 12.8 Å². The minimum Gasteiger partial charge on any atom is -0.494 e. The van der Waals surface area contributed by atoms with Crippen LogP contribution < -0.4 is 25.8 Å². The number of aliphatic carboxylic acids is 1. The summed E-state index contributed by atoms with van der Waals surface area (Å²) in [6, 6.07) is 24.3. The van der Waals surface area contributed by atoms with Crippen molar-refractivity contribution in [1.29, 1.82) is 0 Å². The highest BCUT2D eigenvalue weighted by Crippen LogP contribution is 2.19. The van der Waals surface area contributed by atoms with Crippen LogP contribution in [-0.4, -0.2) is 47.4 Å². The third-order valence-electron chi connectivity index (χ3n) is 7.82. The van der Waals surface area contributed by atoms with Crippen LogP contribution in [-0.2, 0) is 22.4 Å². The average Bonchev–Trinajstić information content (AvgIpc) is 3.11. The number of ether oxygens (including phenoxy) is 2. The first kappa shape index (κ1) is 36.9. The van der Waals surface area contributed by atoms with Crippen LogP contribution in [0.3, 0.4) is 0 Å². The number of rotatable bonds is 18. The maximum atomic E-state index is 12.9. The molecule has 4 aromatic carbocycles. The SMILES string of the molecule is CCCCCCCOc1ccc(C(=O)Oc2ccc(C[C@H](NC(=O)c3ccc(NC(=O)Cc4ccc(C(N)=O)cc4)cc3)C(=O)O)cc2)cc1. The molecule has 0 aromatic heterocycles. The number of amides is 3. The highest BCUT2D eigenvalue weighted by atomic mass is 16.5. The molecule has 0 heterocycles. The van der Waals surface area contributed by atoms with Crippen molar-refractivity contribution in [3.63, 3.8) is 0 Å². The van der Waals surface area contributed by atoms with Gasteiger partial charge >= 0.3 is 11.9 Å². The number of primary amides is 1. The molecule has 50 heavy (non-hydrogen) atoms. The van der Waals surface area contributed by atoms with Crippen molar-refractivity contribution in [2.75, 3.05) is 11.9 Å². The lowest BCUT2D eigenvalue weighted by Crippen LogP contribution is -2.42. The molecule has 5 N–H and O–H groups in total. The second-order valence-electron chi connectivity index (χ2n) is 11.8. The summed E-state index contributed by atoms with van der Waals surface area (Å²) in [5.41, 5.74) is 7.90. The molecule has 11 nitrogen and oxygen atoms in total. The third kappa shape index (κ3) is 11.6. The highest BCUT2D eigenvalue weighted by Gasteiger charge is 2.21. The van der Waals surface area contributed by atoms with Crippen molar-refractivity contribution < 1.29 is 38.6 Å². The molecule has 11 heteroatoms. The van der Waals surface area contributed by atoms with Crippen molar-refractivity contribution >= 4 is 35.3 Å². The summed E-state index contributed by atoms with van der Waals surface area (Å²) >= 11 is 0.